The van der Waals surface area contributed by atoms with E-state index in [9.17, 15) is 0 Å². The number of rotatable bonds is 3. The van der Waals surface area contributed by atoms with E-state index in [4.69, 9.17) is 10.3 Å². The number of aryl methyl sites for hydroxylation is 1. The van der Waals surface area contributed by atoms with E-state index in [0.717, 1.165) is 41.6 Å². The highest BCUT2D eigenvalue weighted by Gasteiger charge is 2.19. The molecule has 0 radical (unpaired) electrons. The van der Waals surface area contributed by atoms with Crippen molar-refractivity contribution in [3.05, 3.63) is 65.9 Å². The van der Waals surface area contributed by atoms with Gasteiger partial charge in [-0.1, -0.05) is 35.5 Å². The van der Waals surface area contributed by atoms with Crippen LogP contribution in [0.3, 0.4) is 0 Å². The molecule has 1 atom stereocenters. The van der Waals surface area contributed by atoms with Gasteiger partial charge in [-0.3, -0.25) is 5.10 Å². The van der Waals surface area contributed by atoms with Gasteiger partial charge in [0.05, 0.1) is 5.69 Å². The van der Waals surface area contributed by atoms with Gasteiger partial charge in [-0.05, 0) is 54.2 Å². The molecule has 1 unspecified atom stereocenters. The van der Waals surface area contributed by atoms with Crippen molar-refractivity contribution >= 4 is 0 Å². The molecule has 2 aromatic carbocycles. The molecule has 4 aromatic rings. The van der Waals surface area contributed by atoms with Gasteiger partial charge in [0.25, 0.3) is 5.89 Å². The molecule has 1 aliphatic rings. The standard InChI is InChI=1S/C21H19N5O/c22-18-3-1-2-15-12-16(8-9-17(15)18)21-24-20(26-27-21)14-6-4-13(5-7-14)19-10-11-23-25-19/h4-12,18H,1-3,22H2,(H,23,25). The van der Waals surface area contributed by atoms with Gasteiger partial charge in [0.2, 0.25) is 5.82 Å². The number of nitrogens with one attached hydrogen (secondary N) is 1. The summed E-state index contributed by atoms with van der Waals surface area (Å²) in [5.74, 6) is 1.11. The molecule has 0 spiro atoms. The first-order valence-corrected chi connectivity index (χ1v) is 9.10. The van der Waals surface area contributed by atoms with Crippen LogP contribution in [0.15, 0.2) is 59.3 Å². The minimum Gasteiger partial charge on any atom is -0.334 e. The molecule has 0 bridgehead atoms. The topological polar surface area (TPSA) is 93.6 Å². The fourth-order valence-corrected chi connectivity index (χ4v) is 3.66. The van der Waals surface area contributed by atoms with E-state index in [0.29, 0.717) is 11.7 Å². The van der Waals surface area contributed by atoms with Crippen LogP contribution >= 0.6 is 0 Å². The van der Waals surface area contributed by atoms with E-state index in [-0.39, 0.29) is 6.04 Å². The van der Waals surface area contributed by atoms with E-state index in [1.54, 1.807) is 6.20 Å². The lowest BCUT2D eigenvalue weighted by Gasteiger charge is -2.22. The normalized spacial score (nSPS) is 16.3. The Bertz CT molecular complexity index is 1070. The molecule has 0 fully saturated rings. The summed E-state index contributed by atoms with van der Waals surface area (Å²) in [6.07, 6.45) is 4.95. The van der Waals surface area contributed by atoms with Gasteiger partial charge in [0.1, 0.15) is 0 Å². The highest BCUT2D eigenvalue weighted by atomic mass is 16.5. The van der Waals surface area contributed by atoms with Crippen LogP contribution in [0.2, 0.25) is 0 Å². The molecule has 5 rings (SSSR count). The van der Waals surface area contributed by atoms with Crippen molar-refractivity contribution in [2.24, 2.45) is 5.73 Å². The Labute approximate surface area is 156 Å². The van der Waals surface area contributed by atoms with Crippen LogP contribution in [0, 0.1) is 0 Å². The van der Waals surface area contributed by atoms with Gasteiger partial charge < -0.3 is 10.3 Å². The quantitative estimate of drug-likeness (QED) is 0.575. The van der Waals surface area contributed by atoms with E-state index in [1.165, 1.54) is 11.1 Å². The number of benzene rings is 2. The minimum absolute atomic E-state index is 0.134. The molecule has 2 heterocycles. The summed E-state index contributed by atoms with van der Waals surface area (Å²) in [4.78, 5) is 4.58. The lowest BCUT2D eigenvalue weighted by atomic mass is 9.87. The summed E-state index contributed by atoms with van der Waals surface area (Å²) in [6, 6.07) is 16.3. The van der Waals surface area contributed by atoms with Crippen molar-refractivity contribution in [2.75, 3.05) is 0 Å². The summed E-state index contributed by atoms with van der Waals surface area (Å²) in [5.41, 5.74) is 12.6. The largest absolute Gasteiger partial charge is 0.334 e. The average molecular weight is 357 g/mol. The lowest BCUT2D eigenvalue weighted by Crippen LogP contribution is -2.17. The zero-order chi connectivity index (χ0) is 18.2. The van der Waals surface area contributed by atoms with Crippen LogP contribution in [0.25, 0.3) is 34.1 Å². The molecule has 3 N–H and O–H groups in total. The number of hydrogen-bond acceptors (Lipinski definition) is 5. The van der Waals surface area contributed by atoms with Gasteiger partial charge in [-0.15, -0.1) is 0 Å². The van der Waals surface area contributed by atoms with Gasteiger partial charge >= 0.3 is 0 Å². The lowest BCUT2D eigenvalue weighted by molar-refractivity contribution is 0.432. The molecule has 0 saturated heterocycles. The summed E-state index contributed by atoms with van der Waals surface area (Å²) in [5, 5.41) is 11.1. The van der Waals surface area contributed by atoms with Crippen molar-refractivity contribution in [3.63, 3.8) is 0 Å². The molecule has 0 saturated carbocycles. The summed E-state index contributed by atoms with van der Waals surface area (Å²) >= 11 is 0. The summed E-state index contributed by atoms with van der Waals surface area (Å²) < 4.78 is 5.52. The smallest absolute Gasteiger partial charge is 0.258 e. The molecule has 6 nitrogen and oxygen atoms in total. The molecule has 1 aliphatic carbocycles. The molecular weight excluding hydrogens is 338 g/mol. The maximum Gasteiger partial charge on any atom is 0.258 e. The average Bonchev–Trinajstić information content (AvgIpc) is 3.40. The third kappa shape index (κ3) is 2.94. The highest BCUT2D eigenvalue weighted by Crippen LogP contribution is 2.32. The number of aromatic amines is 1. The van der Waals surface area contributed by atoms with E-state index in [2.05, 4.69) is 32.5 Å². The van der Waals surface area contributed by atoms with Crippen LogP contribution < -0.4 is 5.73 Å². The second-order valence-corrected chi connectivity index (χ2v) is 6.88. The Hall–Kier alpha value is -3.25. The Morgan fingerprint density at radius 1 is 1.00 bits per heavy atom. The summed E-state index contributed by atoms with van der Waals surface area (Å²) in [7, 11) is 0. The second kappa shape index (κ2) is 6.48. The van der Waals surface area contributed by atoms with Crippen LogP contribution in [0.4, 0.5) is 0 Å². The van der Waals surface area contributed by atoms with Gasteiger partial charge in [0, 0.05) is 23.4 Å². The number of aromatic nitrogens is 4. The highest BCUT2D eigenvalue weighted by molar-refractivity contribution is 5.66. The van der Waals surface area contributed by atoms with Crippen LogP contribution in [-0.4, -0.2) is 20.3 Å². The zero-order valence-corrected chi connectivity index (χ0v) is 14.7. The van der Waals surface area contributed by atoms with Crippen molar-refractivity contribution in [1.29, 1.82) is 0 Å². The Morgan fingerprint density at radius 2 is 1.81 bits per heavy atom. The van der Waals surface area contributed by atoms with Crippen LogP contribution in [0.5, 0.6) is 0 Å². The Balaban J connectivity index is 1.43. The number of nitrogens with zero attached hydrogens (tertiary/aromatic N) is 3. The first-order chi connectivity index (χ1) is 13.3. The SMILES string of the molecule is NC1CCCc2cc(-c3nc(-c4ccc(-c5ccn[nH]5)cc4)no3)ccc21. The zero-order valence-electron chi connectivity index (χ0n) is 14.7. The predicted molar refractivity (Wildman–Crippen MR) is 103 cm³/mol. The fraction of sp³-hybridized carbons (Fsp3) is 0.190. The molecule has 134 valence electrons. The van der Waals surface area contributed by atoms with Crippen molar-refractivity contribution in [3.8, 4) is 34.1 Å². The van der Waals surface area contributed by atoms with Gasteiger partial charge in [-0.2, -0.15) is 10.1 Å². The number of nitrogens with two attached hydrogens (primary N) is 1. The van der Waals surface area contributed by atoms with Gasteiger partial charge in [-0.25, -0.2) is 0 Å². The number of hydrogen-bond donors (Lipinski definition) is 2. The molecule has 27 heavy (non-hydrogen) atoms. The van der Waals surface area contributed by atoms with Crippen molar-refractivity contribution in [1.82, 2.24) is 20.3 Å². The number of fused-ring (bicyclic) bond motifs is 1. The first kappa shape index (κ1) is 16.0. The molecule has 0 amide bonds. The molecule has 0 aliphatic heterocycles. The van der Waals surface area contributed by atoms with E-state index < -0.39 is 0 Å². The van der Waals surface area contributed by atoms with Crippen molar-refractivity contribution < 1.29 is 4.52 Å². The van der Waals surface area contributed by atoms with Crippen LogP contribution in [0.1, 0.15) is 30.0 Å². The van der Waals surface area contributed by atoms with E-state index >= 15 is 0 Å². The van der Waals surface area contributed by atoms with Crippen molar-refractivity contribution in [2.45, 2.75) is 25.3 Å². The molecule has 2 aromatic heterocycles. The molecular formula is C21H19N5O. The first-order valence-electron chi connectivity index (χ1n) is 9.10. The Morgan fingerprint density at radius 3 is 2.63 bits per heavy atom. The third-order valence-corrected chi connectivity index (χ3v) is 5.13. The number of H-pyrrole nitrogens is 1. The Kier molecular flexibility index (Phi) is 3.83. The second-order valence-electron chi connectivity index (χ2n) is 6.88. The maximum atomic E-state index is 6.20. The third-order valence-electron chi connectivity index (χ3n) is 5.13. The fourth-order valence-electron chi connectivity index (χ4n) is 3.66. The van der Waals surface area contributed by atoms with Gasteiger partial charge in [0.15, 0.2) is 0 Å². The predicted octanol–water partition coefficient (Wildman–Crippen LogP) is 4.13. The van der Waals surface area contributed by atoms with Crippen LogP contribution in [-0.2, 0) is 6.42 Å². The molecule has 6 heteroatoms. The monoisotopic (exact) mass is 357 g/mol. The maximum absolute atomic E-state index is 6.20. The minimum atomic E-state index is 0.134. The summed E-state index contributed by atoms with van der Waals surface area (Å²) in [6.45, 7) is 0. The van der Waals surface area contributed by atoms with E-state index in [1.807, 2.05) is 36.4 Å².